The summed E-state index contributed by atoms with van der Waals surface area (Å²) in [6.07, 6.45) is 0. The van der Waals surface area contributed by atoms with E-state index in [1.807, 2.05) is 0 Å². The molecule has 3 N–H and O–H groups in total. The first-order valence-corrected chi connectivity index (χ1v) is 5.64. The first-order chi connectivity index (χ1) is 6.59. The predicted molar refractivity (Wildman–Crippen MR) is 63.2 cm³/mol. The van der Waals surface area contributed by atoms with Crippen LogP contribution in [0.2, 0.25) is 0 Å². The third kappa shape index (κ3) is 3.42. The van der Waals surface area contributed by atoms with Crippen molar-refractivity contribution in [3.8, 4) is 0 Å². The van der Waals surface area contributed by atoms with Gasteiger partial charge in [0.2, 0.25) is 0 Å². The van der Waals surface area contributed by atoms with Crippen molar-refractivity contribution in [1.82, 2.24) is 0 Å². The van der Waals surface area contributed by atoms with Crippen molar-refractivity contribution in [3.63, 3.8) is 0 Å². The van der Waals surface area contributed by atoms with Gasteiger partial charge in [-0.25, -0.2) is 0 Å². The monoisotopic (exact) mass is 208 g/mol. The molecule has 2 nitrogen and oxygen atoms in total. The lowest BCUT2D eigenvalue weighted by Gasteiger charge is -2.06. The highest BCUT2D eigenvalue weighted by Gasteiger charge is 1.99. The van der Waals surface area contributed by atoms with Gasteiger partial charge in [-0.3, -0.25) is 5.41 Å². The molecule has 0 radical (unpaired) electrons. The molecule has 0 saturated heterocycles. The summed E-state index contributed by atoms with van der Waals surface area (Å²) < 4.78 is 0. The van der Waals surface area contributed by atoms with E-state index in [4.69, 9.17) is 11.1 Å². The Morgan fingerprint density at radius 1 is 1.36 bits per heavy atom. The van der Waals surface area contributed by atoms with E-state index in [0.717, 1.165) is 0 Å². The Labute approximate surface area is 89.4 Å². The lowest BCUT2D eigenvalue weighted by molar-refractivity contribution is 0.865. The van der Waals surface area contributed by atoms with Gasteiger partial charge < -0.3 is 5.73 Å². The minimum atomic E-state index is 0.225. The zero-order chi connectivity index (χ0) is 10.6. The molecule has 76 valence electrons. The highest BCUT2D eigenvalue weighted by Crippen LogP contribution is 2.21. The normalized spacial score (nSPS) is 10.5. The molecule has 0 bridgehead atoms. The molecule has 0 aromatic heterocycles. The zero-order valence-corrected chi connectivity index (χ0v) is 9.40. The second-order valence-corrected chi connectivity index (χ2v) is 4.59. The maximum Gasteiger partial charge on any atom is 0.101 e. The van der Waals surface area contributed by atoms with Gasteiger partial charge in [-0.05, 0) is 23.6 Å². The van der Waals surface area contributed by atoms with Crippen LogP contribution in [0.15, 0.2) is 29.2 Å². The molecule has 0 fully saturated rings. The number of nitrogens with one attached hydrogen (secondary N) is 1. The van der Waals surface area contributed by atoms with Crippen LogP contribution in [0.1, 0.15) is 25.3 Å². The Morgan fingerprint density at radius 2 is 1.93 bits per heavy atom. The fourth-order valence-electron chi connectivity index (χ4n) is 1.11. The van der Waals surface area contributed by atoms with E-state index in [0.29, 0.717) is 11.7 Å². The fraction of sp³-hybridized carbons (Fsp3) is 0.364. The number of nitrogens with two attached hydrogens (primary N) is 1. The van der Waals surface area contributed by atoms with E-state index >= 15 is 0 Å². The average molecular weight is 208 g/mol. The third-order valence-electron chi connectivity index (χ3n) is 1.94. The van der Waals surface area contributed by atoms with Crippen LogP contribution < -0.4 is 5.73 Å². The minimum Gasteiger partial charge on any atom is -0.387 e. The molecule has 0 saturated carbocycles. The molecule has 1 aromatic rings. The van der Waals surface area contributed by atoms with Crippen molar-refractivity contribution < 1.29 is 0 Å². The van der Waals surface area contributed by atoms with E-state index in [-0.39, 0.29) is 5.84 Å². The van der Waals surface area contributed by atoms with Crippen LogP contribution >= 0.6 is 11.8 Å². The molecule has 3 heteroatoms. The molecule has 0 aliphatic carbocycles. The van der Waals surface area contributed by atoms with Crippen molar-refractivity contribution in [2.75, 3.05) is 5.75 Å². The van der Waals surface area contributed by atoms with Crippen LogP contribution in [0.4, 0.5) is 0 Å². The predicted octanol–water partition coefficient (Wildman–Crippen LogP) is 2.84. The van der Waals surface area contributed by atoms with Crippen molar-refractivity contribution in [2.24, 2.45) is 5.73 Å². The number of hydrogen-bond acceptors (Lipinski definition) is 2. The minimum absolute atomic E-state index is 0.225. The van der Waals surface area contributed by atoms with Crippen LogP contribution in [-0.4, -0.2) is 11.6 Å². The smallest absolute Gasteiger partial charge is 0.101 e. The topological polar surface area (TPSA) is 49.9 Å². The van der Waals surface area contributed by atoms with E-state index in [1.54, 1.807) is 11.8 Å². The molecule has 0 atom stereocenters. The van der Waals surface area contributed by atoms with Crippen molar-refractivity contribution in [1.29, 1.82) is 5.41 Å². The summed E-state index contributed by atoms with van der Waals surface area (Å²) in [5.41, 5.74) is 6.63. The second kappa shape index (κ2) is 5.05. The number of amidine groups is 1. The summed E-state index contributed by atoms with van der Waals surface area (Å²) >= 11 is 1.60. The lowest BCUT2D eigenvalue weighted by atomic mass is 10.0. The molecule has 0 aliphatic rings. The van der Waals surface area contributed by atoms with Gasteiger partial charge >= 0.3 is 0 Å². The van der Waals surface area contributed by atoms with Gasteiger partial charge in [0.1, 0.15) is 5.84 Å². The molecule has 0 amide bonds. The quantitative estimate of drug-likeness (QED) is 0.454. The van der Waals surface area contributed by atoms with Crippen LogP contribution in [-0.2, 0) is 0 Å². The zero-order valence-electron chi connectivity index (χ0n) is 8.58. The molecular formula is C11H16N2S. The maximum atomic E-state index is 7.11. The first kappa shape index (κ1) is 11.1. The summed E-state index contributed by atoms with van der Waals surface area (Å²) in [4.78, 5) is 1.17. The SMILES string of the molecule is CC(C)c1ccc(SCC(=N)N)cc1. The van der Waals surface area contributed by atoms with Gasteiger partial charge in [-0.15, -0.1) is 11.8 Å². The Kier molecular flexibility index (Phi) is 4.01. The number of hydrogen-bond donors (Lipinski definition) is 2. The Balaban J connectivity index is 2.59. The van der Waals surface area contributed by atoms with E-state index in [9.17, 15) is 0 Å². The van der Waals surface area contributed by atoms with Gasteiger partial charge in [-0.1, -0.05) is 26.0 Å². The molecule has 1 aromatic carbocycles. The van der Waals surface area contributed by atoms with Crippen molar-refractivity contribution >= 4 is 17.6 Å². The number of rotatable bonds is 4. The van der Waals surface area contributed by atoms with Crippen LogP contribution in [0, 0.1) is 5.41 Å². The van der Waals surface area contributed by atoms with E-state index in [1.165, 1.54) is 10.5 Å². The maximum absolute atomic E-state index is 7.11. The van der Waals surface area contributed by atoms with E-state index < -0.39 is 0 Å². The summed E-state index contributed by atoms with van der Waals surface area (Å²) in [5.74, 6) is 1.37. The van der Waals surface area contributed by atoms with Gasteiger partial charge in [0.05, 0.1) is 5.75 Å². The molecule has 0 unspecified atom stereocenters. The van der Waals surface area contributed by atoms with Crippen LogP contribution in [0.25, 0.3) is 0 Å². The highest BCUT2D eigenvalue weighted by molar-refractivity contribution is 8.00. The molecular weight excluding hydrogens is 192 g/mol. The average Bonchev–Trinajstić information content (AvgIpc) is 2.15. The van der Waals surface area contributed by atoms with Gasteiger partial charge in [-0.2, -0.15) is 0 Å². The molecule has 1 rings (SSSR count). The highest BCUT2D eigenvalue weighted by atomic mass is 32.2. The number of benzene rings is 1. The van der Waals surface area contributed by atoms with Gasteiger partial charge in [0.25, 0.3) is 0 Å². The second-order valence-electron chi connectivity index (χ2n) is 3.54. The number of thioether (sulfide) groups is 1. The Morgan fingerprint density at radius 3 is 2.36 bits per heavy atom. The van der Waals surface area contributed by atoms with Gasteiger partial charge in [0.15, 0.2) is 0 Å². The van der Waals surface area contributed by atoms with Crippen molar-refractivity contribution in [2.45, 2.75) is 24.7 Å². The fourth-order valence-corrected chi connectivity index (χ4v) is 1.76. The standard InChI is InChI=1S/C11H16N2S/c1-8(2)9-3-5-10(6-4-9)14-7-11(12)13/h3-6,8H,7H2,1-2H3,(H3,12,13). The largest absolute Gasteiger partial charge is 0.387 e. The summed E-state index contributed by atoms with van der Waals surface area (Å²) in [6, 6.07) is 8.44. The molecule has 0 aliphatic heterocycles. The lowest BCUT2D eigenvalue weighted by Crippen LogP contribution is -2.11. The van der Waals surface area contributed by atoms with E-state index in [2.05, 4.69) is 38.1 Å². The third-order valence-corrected chi connectivity index (χ3v) is 3.00. The summed E-state index contributed by atoms with van der Waals surface area (Å²) in [5, 5.41) is 7.11. The molecule has 14 heavy (non-hydrogen) atoms. The Hall–Kier alpha value is -0.960. The summed E-state index contributed by atoms with van der Waals surface area (Å²) in [6.45, 7) is 4.36. The Bertz CT molecular complexity index is 304. The van der Waals surface area contributed by atoms with Crippen LogP contribution in [0.5, 0.6) is 0 Å². The van der Waals surface area contributed by atoms with Gasteiger partial charge in [0, 0.05) is 4.90 Å². The first-order valence-electron chi connectivity index (χ1n) is 4.65. The van der Waals surface area contributed by atoms with Crippen LogP contribution in [0.3, 0.4) is 0 Å². The molecule has 0 heterocycles. The van der Waals surface area contributed by atoms with Crippen molar-refractivity contribution in [3.05, 3.63) is 29.8 Å². The molecule has 0 spiro atoms. The summed E-state index contributed by atoms with van der Waals surface area (Å²) in [7, 11) is 0.